The molecule has 1 aromatic heterocycles. The number of ketones is 1. The molecule has 0 spiro atoms. The predicted molar refractivity (Wildman–Crippen MR) is 112 cm³/mol. The van der Waals surface area contributed by atoms with Gasteiger partial charge in [0.1, 0.15) is 34.9 Å². The van der Waals surface area contributed by atoms with Crippen molar-refractivity contribution in [2.45, 2.75) is 26.8 Å². The van der Waals surface area contributed by atoms with E-state index in [2.05, 4.69) is 0 Å². The Morgan fingerprint density at radius 3 is 2.42 bits per heavy atom. The van der Waals surface area contributed by atoms with E-state index in [9.17, 15) is 24.2 Å². The molecule has 3 aromatic rings. The highest BCUT2D eigenvalue weighted by molar-refractivity contribution is 6.51. The van der Waals surface area contributed by atoms with Gasteiger partial charge in [-0.05, 0) is 74.4 Å². The van der Waals surface area contributed by atoms with Gasteiger partial charge in [0.15, 0.2) is 0 Å². The summed E-state index contributed by atoms with van der Waals surface area (Å²) in [5.74, 6) is -2.15. The molecule has 7 heteroatoms. The maximum Gasteiger partial charge on any atom is 0.300 e. The standard InChI is InChI=1S/C24H20FNO5/c1-12-4-8-18(27)17(10-12)26-21(19-9-5-14(3)31-19)20(23(29)24(26)30)22(28)15-6-7-16(25)13(2)11-15/h4-11,21,27-28H,1-3H3/b22-20-. The van der Waals surface area contributed by atoms with E-state index in [0.717, 1.165) is 10.5 Å². The van der Waals surface area contributed by atoms with E-state index in [1.165, 1.54) is 31.2 Å². The summed E-state index contributed by atoms with van der Waals surface area (Å²) in [6, 6.07) is 10.8. The van der Waals surface area contributed by atoms with Crippen molar-refractivity contribution in [3.8, 4) is 5.75 Å². The van der Waals surface area contributed by atoms with Crippen LogP contribution in [0.15, 0.2) is 58.5 Å². The lowest BCUT2D eigenvalue weighted by Crippen LogP contribution is -2.29. The fourth-order valence-electron chi connectivity index (χ4n) is 3.72. The molecule has 1 saturated heterocycles. The number of halogens is 1. The summed E-state index contributed by atoms with van der Waals surface area (Å²) in [7, 11) is 0. The fraction of sp³-hybridized carbons (Fsp3) is 0.167. The number of phenols is 1. The Morgan fingerprint density at radius 2 is 1.77 bits per heavy atom. The Bertz CT molecular complexity index is 1260. The zero-order valence-electron chi connectivity index (χ0n) is 17.1. The molecule has 31 heavy (non-hydrogen) atoms. The number of nitrogens with zero attached hydrogens (tertiary/aromatic N) is 1. The van der Waals surface area contributed by atoms with Crippen molar-refractivity contribution in [3.05, 3.63) is 88.1 Å². The normalized spacial score (nSPS) is 18.1. The Balaban J connectivity index is 1.98. The van der Waals surface area contributed by atoms with E-state index in [4.69, 9.17) is 4.42 Å². The number of aliphatic hydroxyl groups excluding tert-OH is 1. The monoisotopic (exact) mass is 421 g/mol. The molecule has 1 aliphatic heterocycles. The highest BCUT2D eigenvalue weighted by Crippen LogP contribution is 2.45. The number of carbonyl (C=O) groups excluding carboxylic acids is 2. The molecule has 1 fully saturated rings. The molecular formula is C24H20FNO5. The molecule has 0 bridgehead atoms. The number of anilines is 1. The Kier molecular flexibility index (Phi) is 4.89. The zero-order chi connectivity index (χ0) is 22.4. The fourth-order valence-corrected chi connectivity index (χ4v) is 3.72. The number of aliphatic hydroxyl groups is 1. The minimum Gasteiger partial charge on any atom is -0.507 e. The molecule has 1 amide bonds. The SMILES string of the molecule is Cc1ccc(O)c(N2C(=O)C(=O)/C(=C(\O)c3ccc(F)c(C)c3)C2c2ccc(C)o2)c1. The molecule has 1 unspecified atom stereocenters. The lowest BCUT2D eigenvalue weighted by atomic mass is 9.98. The number of furan rings is 1. The van der Waals surface area contributed by atoms with E-state index in [-0.39, 0.29) is 33.9 Å². The van der Waals surface area contributed by atoms with Crippen molar-refractivity contribution in [2.75, 3.05) is 4.90 Å². The Labute approximate surface area is 177 Å². The van der Waals surface area contributed by atoms with E-state index in [0.29, 0.717) is 5.76 Å². The quantitative estimate of drug-likeness (QED) is 0.364. The molecule has 1 aliphatic rings. The third kappa shape index (κ3) is 3.38. The first-order chi connectivity index (χ1) is 14.7. The average molecular weight is 421 g/mol. The highest BCUT2D eigenvalue weighted by Gasteiger charge is 2.49. The van der Waals surface area contributed by atoms with Crippen LogP contribution in [0.2, 0.25) is 0 Å². The molecular weight excluding hydrogens is 401 g/mol. The van der Waals surface area contributed by atoms with Crippen LogP contribution < -0.4 is 4.90 Å². The van der Waals surface area contributed by atoms with Gasteiger partial charge in [-0.3, -0.25) is 14.5 Å². The molecule has 0 aliphatic carbocycles. The molecule has 2 heterocycles. The van der Waals surface area contributed by atoms with Crippen LogP contribution >= 0.6 is 0 Å². The first-order valence-electron chi connectivity index (χ1n) is 9.62. The van der Waals surface area contributed by atoms with Crippen molar-refractivity contribution in [1.29, 1.82) is 0 Å². The van der Waals surface area contributed by atoms with E-state index >= 15 is 0 Å². The van der Waals surface area contributed by atoms with Crippen LogP contribution in [0.5, 0.6) is 5.75 Å². The number of amides is 1. The first kappa shape index (κ1) is 20.4. The van der Waals surface area contributed by atoms with Crippen molar-refractivity contribution >= 4 is 23.1 Å². The van der Waals surface area contributed by atoms with Gasteiger partial charge in [-0.2, -0.15) is 0 Å². The van der Waals surface area contributed by atoms with Gasteiger partial charge >= 0.3 is 0 Å². The molecule has 0 saturated carbocycles. The number of benzene rings is 2. The van der Waals surface area contributed by atoms with Gasteiger partial charge in [-0.15, -0.1) is 0 Å². The second-order valence-corrected chi connectivity index (χ2v) is 7.57. The summed E-state index contributed by atoms with van der Waals surface area (Å²) in [6.45, 7) is 5.03. The van der Waals surface area contributed by atoms with Crippen LogP contribution in [0.1, 0.15) is 34.3 Å². The maximum atomic E-state index is 13.7. The maximum absolute atomic E-state index is 13.7. The van der Waals surface area contributed by atoms with Gasteiger partial charge in [0.05, 0.1) is 11.3 Å². The average Bonchev–Trinajstić information content (AvgIpc) is 3.27. The largest absolute Gasteiger partial charge is 0.507 e. The number of Topliss-reactive ketones (excluding diaryl/α,β-unsaturated/α-hetero) is 1. The topological polar surface area (TPSA) is 91.0 Å². The van der Waals surface area contributed by atoms with Gasteiger partial charge in [0.2, 0.25) is 0 Å². The summed E-state index contributed by atoms with van der Waals surface area (Å²) < 4.78 is 19.4. The number of aryl methyl sites for hydroxylation is 3. The number of carbonyl (C=O) groups is 2. The van der Waals surface area contributed by atoms with Crippen LogP contribution in [-0.2, 0) is 9.59 Å². The molecule has 0 radical (unpaired) electrons. The molecule has 4 rings (SSSR count). The Hall–Kier alpha value is -3.87. The number of phenolic OH excluding ortho intramolecular Hbond substituents is 1. The molecule has 2 aromatic carbocycles. The van der Waals surface area contributed by atoms with E-state index < -0.39 is 29.3 Å². The van der Waals surface area contributed by atoms with Crippen LogP contribution in [0.3, 0.4) is 0 Å². The van der Waals surface area contributed by atoms with E-state index in [1.54, 1.807) is 38.1 Å². The van der Waals surface area contributed by atoms with Gasteiger partial charge in [0, 0.05) is 5.56 Å². The summed E-state index contributed by atoms with van der Waals surface area (Å²) >= 11 is 0. The number of aromatic hydroxyl groups is 1. The highest BCUT2D eigenvalue weighted by atomic mass is 19.1. The minimum atomic E-state index is -1.10. The second kappa shape index (κ2) is 7.43. The van der Waals surface area contributed by atoms with Gasteiger partial charge in [0.25, 0.3) is 11.7 Å². The number of hydrogen-bond donors (Lipinski definition) is 2. The van der Waals surface area contributed by atoms with E-state index in [1.807, 2.05) is 0 Å². The third-order valence-electron chi connectivity index (χ3n) is 5.30. The lowest BCUT2D eigenvalue weighted by molar-refractivity contribution is -0.132. The summed E-state index contributed by atoms with van der Waals surface area (Å²) in [6.07, 6.45) is 0. The summed E-state index contributed by atoms with van der Waals surface area (Å²) in [5, 5.41) is 21.4. The zero-order valence-corrected chi connectivity index (χ0v) is 17.1. The van der Waals surface area contributed by atoms with Crippen molar-refractivity contribution in [1.82, 2.24) is 0 Å². The van der Waals surface area contributed by atoms with Gasteiger partial charge < -0.3 is 14.6 Å². The van der Waals surface area contributed by atoms with Crippen LogP contribution in [0.4, 0.5) is 10.1 Å². The van der Waals surface area contributed by atoms with Crippen molar-refractivity contribution < 1.29 is 28.6 Å². The van der Waals surface area contributed by atoms with Crippen LogP contribution in [0.25, 0.3) is 5.76 Å². The molecule has 2 N–H and O–H groups in total. The summed E-state index contributed by atoms with van der Waals surface area (Å²) in [4.78, 5) is 27.2. The van der Waals surface area contributed by atoms with Gasteiger partial charge in [-0.25, -0.2) is 4.39 Å². The van der Waals surface area contributed by atoms with Crippen LogP contribution in [-0.4, -0.2) is 21.9 Å². The third-order valence-corrected chi connectivity index (χ3v) is 5.30. The van der Waals surface area contributed by atoms with Crippen molar-refractivity contribution in [3.63, 3.8) is 0 Å². The minimum absolute atomic E-state index is 0.121. The van der Waals surface area contributed by atoms with Crippen LogP contribution in [0, 0.1) is 26.6 Å². The predicted octanol–water partition coefficient (Wildman–Crippen LogP) is 4.68. The lowest BCUT2D eigenvalue weighted by Gasteiger charge is -2.24. The molecule has 6 nitrogen and oxygen atoms in total. The van der Waals surface area contributed by atoms with Gasteiger partial charge in [-0.1, -0.05) is 6.07 Å². The smallest absolute Gasteiger partial charge is 0.300 e. The second-order valence-electron chi connectivity index (χ2n) is 7.57. The van der Waals surface area contributed by atoms with Crippen molar-refractivity contribution in [2.24, 2.45) is 0 Å². The summed E-state index contributed by atoms with van der Waals surface area (Å²) in [5.41, 5.74) is 1.15. The Morgan fingerprint density at radius 1 is 1.03 bits per heavy atom. The first-order valence-corrected chi connectivity index (χ1v) is 9.62. The number of hydrogen-bond acceptors (Lipinski definition) is 5. The molecule has 158 valence electrons. The molecule has 1 atom stereocenters. The number of rotatable bonds is 3.